The van der Waals surface area contributed by atoms with Gasteiger partial charge in [0.15, 0.2) is 0 Å². The molecule has 3 N–H and O–H groups in total. The molecule has 1 aromatic heterocycles. The number of nitrogens with two attached hydrogens (primary N) is 1. The molecule has 3 nitrogen and oxygen atoms in total. The van der Waals surface area contributed by atoms with Crippen molar-refractivity contribution < 1.29 is 5.11 Å². The third-order valence-electron chi connectivity index (χ3n) is 2.21. The SMILES string of the molecule is Cn1cc(C(C)(C)C)cc1C(N)O. The molecular formula is C10H18N2O. The first-order valence-electron chi connectivity index (χ1n) is 4.43. The van der Waals surface area contributed by atoms with Crippen molar-refractivity contribution in [3.05, 3.63) is 23.5 Å². The minimum Gasteiger partial charge on any atom is -0.373 e. The second kappa shape index (κ2) is 3.16. The van der Waals surface area contributed by atoms with Crippen LogP contribution in [0.25, 0.3) is 0 Å². The average Bonchev–Trinajstić information content (AvgIpc) is 2.29. The first kappa shape index (κ1) is 10.3. The molecule has 74 valence electrons. The zero-order chi connectivity index (χ0) is 10.2. The van der Waals surface area contributed by atoms with Gasteiger partial charge >= 0.3 is 0 Å². The molecule has 0 bridgehead atoms. The smallest absolute Gasteiger partial charge is 0.143 e. The van der Waals surface area contributed by atoms with E-state index in [0.29, 0.717) is 0 Å². The maximum Gasteiger partial charge on any atom is 0.143 e. The number of rotatable bonds is 1. The van der Waals surface area contributed by atoms with Crippen molar-refractivity contribution >= 4 is 0 Å². The Hall–Kier alpha value is -0.800. The lowest BCUT2D eigenvalue weighted by Gasteiger charge is -2.15. The summed E-state index contributed by atoms with van der Waals surface area (Å²) in [5, 5.41) is 9.24. The van der Waals surface area contributed by atoms with Crippen LogP contribution in [0.2, 0.25) is 0 Å². The van der Waals surface area contributed by atoms with Gasteiger partial charge in [-0.1, -0.05) is 20.8 Å². The summed E-state index contributed by atoms with van der Waals surface area (Å²) in [6, 6.07) is 1.95. The first-order valence-corrected chi connectivity index (χ1v) is 4.43. The molecule has 0 fully saturated rings. The van der Waals surface area contributed by atoms with Gasteiger partial charge in [0.25, 0.3) is 0 Å². The van der Waals surface area contributed by atoms with E-state index in [9.17, 15) is 5.11 Å². The molecule has 0 aliphatic carbocycles. The molecular weight excluding hydrogens is 164 g/mol. The molecule has 1 atom stereocenters. The van der Waals surface area contributed by atoms with Crippen LogP contribution in [0.1, 0.15) is 38.3 Å². The van der Waals surface area contributed by atoms with Crippen LogP contribution < -0.4 is 5.73 Å². The monoisotopic (exact) mass is 182 g/mol. The maximum absolute atomic E-state index is 9.24. The fourth-order valence-electron chi connectivity index (χ4n) is 1.29. The van der Waals surface area contributed by atoms with Crippen molar-refractivity contribution in [1.82, 2.24) is 4.57 Å². The van der Waals surface area contributed by atoms with Crippen molar-refractivity contribution in [2.75, 3.05) is 0 Å². The summed E-state index contributed by atoms with van der Waals surface area (Å²) in [6.07, 6.45) is 1.12. The van der Waals surface area contributed by atoms with Gasteiger partial charge in [-0.05, 0) is 17.0 Å². The number of aliphatic hydroxyl groups is 1. The second-order valence-corrected chi connectivity index (χ2v) is 4.46. The molecule has 0 amide bonds. The van der Waals surface area contributed by atoms with Gasteiger partial charge in [-0.2, -0.15) is 0 Å². The second-order valence-electron chi connectivity index (χ2n) is 4.46. The summed E-state index contributed by atoms with van der Waals surface area (Å²) in [5.74, 6) is 0. The van der Waals surface area contributed by atoms with Crippen LogP contribution in [0.3, 0.4) is 0 Å². The van der Waals surface area contributed by atoms with Gasteiger partial charge in [0, 0.05) is 13.2 Å². The Bertz CT molecular complexity index is 294. The predicted molar refractivity (Wildman–Crippen MR) is 53.3 cm³/mol. The summed E-state index contributed by atoms with van der Waals surface area (Å²) >= 11 is 0. The quantitative estimate of drug-likeness (QED) is 0.643. The molecule has 0 spiro atoms. The highest BCUT2D eigenvalue weighted by Gasteiger charge is 2.18. The molecule has 0 radical (unpaired) electrons. The lowest BCUT2D eigenvalue weighted by Crippen LogP contribution is -2.12. The number of nitrogens with zero attached hydrogens (tertiary/aromatic N) is 1. The summed E-state index contributed by atoms with van der Waals surface area (Å²) < 4.78 is 1.87. The van der Waals surface area contributed by atoms with Crippen LogP contribution >= 0.6 is 0 Å². The van der Waals surface area contributed by atoms with Crippen molar-refractivity contribution in [2.45, 2.75) is 32.4 Å². The van der Waals surface area contributed by atoms with E-state index in [4.69, 9.17) is 5.73 Å². The number of aliphatic hydroxyl groups excluding tert-OH is 1. The molecule has 0 aliphatic rings. The molecule has 1 rings (SSSR count). The van der Waals surface area contributed by atoms with Crippen LogP contribution in [0.15, 0.2) is 12.3 Å². The summed E-state index contributed by atoms with van der Waals surface area (Å²) in [7, 11) is 1.89. The van der Waals surface area contributed by atoms with E-state index in [1.165, 1.54) is 5.56 Å². The largest absolute Gasteiger partial charge is 0.373 e. The zero-order valence-corrected chi connectivity index (χ0v) is 8.70. The van der Waals surface area contributed by atoms with Crippen molar-refractivity contribution in [1.29, 1.82) is 0 Å². The number of aryl methyl sites for hydroxylation is 1. The highest BCUT2D eigenvalue weighted by atomic mass is 16.3. The van der Waals surface area contributed by atoms with E-state index < -0.39 is 6.23 Å². The Labute approximate surface area is 79.2 Å². The summed E-state index contributed by atoms with van der Waals surface area (Å²) in [5.41, 5.74) is 7.45. The minimum absolute atomic E-state index is 0.102. The molecule has 1 unspecified atom stereocenters. The lowest BCUT2D eigenvalue weighted by atomic mass is 9.89. The normalized spacial score (nSPS) is 14.6. The maximum atomic E-state index is 9.24. The van der Waals surface area contributed by atoms with E-state index in [1.54, 1.807) is 0 Å². The van der Waals surface area contributed by atoms with Gasteiger partial charge in [-0.25, -0.2) is 0 Å². The molecule has 0 saturated carbocycles. The molecule has 0 aliphatic heterocycles. The van der Waals surface area contributed by atoms with Crippen LogP contribution in [0.4, 0.5) is 0 Å². The first-order chi connectivity index (χ1) is 5.82. The molecule has 0 aromatic carbocycles. The minimum atomic E-state index is -0.888. The highest BCUT2D eigenvalue weighted by molar-refractivity contribution is 5.26. The Kier molecular flexibility index (Phi) is 2.50. The van der Waals surface area contributed by atoms with Gasteiger partial charge in [-0.3, -0.25) is 0 Å². The van der Waals surface area contributed by atoms with E-state index in [1.807, 2.05) is 23.9 Å². The van der Waals surface area contributed by atoms with Crippen molar-refractivity contribution in [2.24, 2.45) is 12.8 Å². The number of hydrogen-bond acceptors (Lipinski definition) is 2. The van der Waals surface area contributed by atoms with Gasteiger partial charge in [0.1, 0.15) is 6.23 Å². The van der Waals surface area contributed by atoms with Crippen LogP contribution in [-0.4, -0.2) is 9.67 Å². The van der Waals surface area contributed by atoms with E-state index in [0.717, 1.165) is 5.69 Å². The van der Waals surface area contributed by atoms with Crippen molar-refractivity contribution in [3.63, 3.8) is 0 Å². The zero-order valence-electron chi connectivity index (χ0n) is 8.70. The molecule has 1 aromatic rings. The number of hydrogen-bond donors (Lipinski definition) is 2. The Morgan fingerprint density at radius 1 is 1.46 bits per heavy atom. The van der Waals surface area contributed by atoms with Crippen LogP contribution in [-0.2, 0) is 12.5 Å². The standard InChI is InChI=1S/C10H18N2O/c1-10(2,3)7-5-8(9(11)13)12(4)6-7/h5-6,9,13H,11H2,1-4H3. The van der Waals surface area contributed by atoms with Crippen LogP contribution in [0.5, 0.6) is 0 Å². The molecule has 0 saturated heterocycles. The lowest BCUT2D eigenvalue weighted by molar-refractivity contribution is 0.178. The predicted octanol–water partition coefficient (Wildman–Crippen LogP) is 1.27. The summed E-state index contributed by atoms with van der Waals surface area (Å²) in [6.45, 7) is 6.40. The average molecular weight is 182 g/mol. The Balaban J connectivity index is 3.10. The van der Waals surface area contributed by atoms with Crippen LogP contribution in [0, 0.1) is 0 Å². The van der Waals surface area contributed by atoms with Gasteiger partial charge in [-0.15, -0.1) is 0 Å². The van der Waals surface area contributed by atoms with Crippen molar-refractivity contribution in [3.8, 4) is 0 Å². The third kappa shape index (κ3) is 2.11. The highest BCUT2D eigenvalue weighted by Crippen LogP contribution is 2.25. The number of aromatic nitrogens is 1. The Morgan fingerprint density at radius 2 is 2.00 bits per heavy atom. The van der Waals surface area contributed by atoms with Gasteiger partial charge in [0.05, 0.1) is 5.69 Å². The molecule has 1 heterocycles. The van der Waals surface area contributed by atoms with E-state index in [2.05, 4.69) is 20.8 Å². The van der Waals surface area contributed by atoms with E-state index >= 15 is 0 Å². The molecule has 3 heteroatoms. The Morgan fingerprint density at radius 3 is 2.23 bits per heavy atom. The third-order valence-corrected chi connectivity index (χ3v) is 2.21. The topological polar surface area (TPSA) is 51.2 Å². The molecule has 13 heavy (non-hydrogen) atoms. The van der Waals surface area contributed by atoms with Gasteiger partial charge in [0.2, 0.25) is 0 Å². The van der Waals surface area contributed by atoms with Gasteiger partial charge < -0.3 is 15.4 Å². The fraction of sp³-hybridized carbons (Fsp3) is 0.600. The summed E-state index contributed by atoms with van der Waals surface area (Å²) in [4.78, 5) is 0. The fourth-order valence-corrected chi connectivity index (χ4v) is 1.29. The van der Waals surface area contributed by atoms with E-state index in [-0.39, 0.29) is 5.41 Å².